The Balaban J connectivity index is 2.48. The lowest BCUT2D eigenvalue weighted by atomic mass is 9.96. The predicted octanol–water partition coefficient (Wildman–Crippen LogP) is 0.951. The second kappa shape index (κ2) is 4.85. The molecule has 1 aromatic carbocycles. The molecule has 2 rings (SSSR count). The highest BCUT2D eigenvalue weighted by atomic mass is 35.5. The van der Waals surface area contributed by atoms with E-state index < -0.39 is 28.0 Å². The van der Waals surface area contributed by atoms with Gasteiger partial charge in [-0.15, -0.1) is 11.6 Å². The highest BCUT2D eigenvalue weighted by molar-refractivity contribution is 6.37. The van der Waals surface area contributed by atoms with Crippen molar-refractivity contribution in [1.82, 2.24) is 5.32 Å². The second-order valence-corrected chi connectivity index (χ2v) is 4.39. The number of nitrogens with zero attached hydrogens (tertiary/aromatic N) is 1. The number of ether oxygens (including phenoxy) is 1. The molecule has 0 aromatic heterocycles. The number of nitro benzene ring substituents is 1. The summed E-state index contributed by atoms with van der Waals surface area (Å²) in [5.74, 6) is -1.89. The standard InChI is InChI=1S/C11H9ClN2O5/c1-19-7-4-5(14(17)18)2-3-6(7)8-9(12)11(16)13-10(8)15/h2-4,8-9H,1H3,(H,13,15,16). The first kappa shape index (κ1) is 13.3. The number of carbonyl (C=O) groups is 2. The molecule has 0 radical (unpaired) electrons. The van der Waals surface area contributed by atoms with Gasteiger partial charge in [0.1, 0.15) is 11.1 Å². The molecule has 1 fully saturated rings. The van der Waals surface area contributed by atoms with Crippen LogP contribution in [0.5, 0.6) is 5.75 Å². The maximum atomic E-state index is 11.7. The van der Waals surface area contributed by atoms with Crippen molar-refractivity contribution in [2.75, 3.05) is 7.11 Å². The number of benzene rings is 1. The third kappa shape index (κ3) is 2.24. The van der Waals surface area contributed by atoms with Gasteiger partial charge in [-0.2, -0.15) is 0 Å². The first-order valence-corrected chi connectivity index (χ1v) is 5.70. The minimum absolute atomic E-state index is 0.148. The molecule has 0 aliphatic carbocycles. The predicted molar refractivity (Wildman–Crippen MR) is 65.2 cm³/mol. The van der Waals surface area contributed by atoms with Crippen LogP contribution in [0.1, 0.15) is 11.5 Å². The molecule has 2 amide bonds. The number of nitrogens with one attached hydrogen (secondary N) is 1. The summed E-state index contributed by atoms with van der Waals surface area (Å²) in [6.45, 7) is 0. The summed E-state index contributed by atoms with van der Waals surface area (Å²) in [4.78, 5) is 33.1. The molecule has 0 bridgehead atoms. The maximum Gasteiger partial charge on any atom is 0.273 e. The molecule has 7 nitrogen and oxygen atoms in total. The van der Waals surface area contributed by atoms with E-state index in [4.69, 9.17) is 16.3 Å². The van der Waals surface area contributed by atoms with Gasteiger partial charge in [-0.1, -0.05) is 0 Å². The van der Waals surface area contributed by atoms with Crippen LogP contribution >= 0.6 is 11.6 Å². The molecule has 1 heterocycles. The van der Waals surface area contributed by atoms with E-state index in [1.54, 1.807) is 0 Å². The molecule has 2 atom stereocenters. The number of alkyl halides is 1. The van der Waals surface area contributed by atoms with Crippen molar-refractivity contribution in [2.24, 2.45) is 0 Å². The number of nitro groups is 1. The van der Waals surface area contributed by atoms with Gasteiger partial charge in [-0.05, 0) is 6.07 Å². The summed E-state index contributed by atoms with van der Waals surface area (Å²) in [6, 6.07) is 3.79. The van der Waals surface area contributed by atoms with Crippen LogP contribution in [-0.2, 0) is 9.59 Å². The van der Waals surface area contributed by atoms with Gasteiger partial charge in [0.25, 0.3) is 5.69 Å². The summed E-state index contributed by atoms with van der Waals surface area (Å²) in [6.07, 6.45) is 0. The van der Waals surface area contributed by atoms with E-state index >= 15 is 0 Å². The zero-order chi connectivity index (χ0) is 14.2. The Kier molecular flexibility index (Phi) is 3.39. The molecule has 1 N–H and O–H groups in total. The van der Waals surface area contributed by atoms with Gasteiger partial charge in [0.05, 0.1) is 24.0 Å². The number of hydrogen-bond acceptors (Lipinski definition) is 5. The molecule has 1 saturated heterocycles. The Labute approximate surface area is 112 Å². The van der Waals surface area contributed by atoms with Gasteiger partial charge in [-0.25, -0.2) is 0 Å². The molecular formula is C11H9ClN2O5. The number of halogens is 1. The molecule has 1 aromatic rings. The van der Waals surface area contributed by atoms with E-state index in [0.29, 0.717) is 5.56 Å². The third-order valence-electron chi connectivity index (χ3n) is 2.83. The van der Waals surface area contributed by atoms with Gasteiger partial charge < -0.3 is 4.74 Å². The first-order chi connectivity index (χ1) is 8.95. The maximum absolute atomic E-state index is 11.7. The van der Waals surface area contributed by atoms with Crippen molar-refractivity contribution in [2.45, 2.75) is 11.3 Å². The number of carbonyl (C=O) groups excluding carboxylic acids is 2. The van der Waals surface area contributed by atoms with Gasteiger partial charge in [0, 0.05) is 11.6 Å². The van der Waals surface area contributed by atoms with E-state index in [1.165, 1.54) is 25.3 Å². The van der Waals surface area contributed by atoms with Crippen LogP contribution in [0.3, 0.4) is 0 Å². The monoisotopic (exact) mass is 284 g/mol. The molecule has 19 heavy (non-hydrogen) atoms. The number of imide groups is 1. The fourth-order valence-corrected chi connectivity index (χ4v) is 2.23. The largest absolute Gasteiger partial charge is 0.496 e. The molecule has 8 heteroatoms. The molecule has 0 spiro atoms. The van der Waals surface area contributed by atoms with E-state index in [1.807, 2.05) is 0 Å². The normalized spacial score (nSPS) is 22.2. The van der Waals surface area contributed by atoms with Crippen molar-refractivity contribution < 1.29 is 19.2 Å². The molecule has 100 valence electrons. The Morgan fingerprint density at radius 1 is 1.37 bits per heavy atom. The molecule has 1 aliphatic heterocycles. The molecule has 0 saturated carbocycles. The number of methoxy groups -OCH3 is 1. The third-order valence-corrected chi connectivity index (χ3v) is 3.29. The van der Waals surface area contributed by atoms with Crippen LogP contribution in [0.25, 0.3) is 0 Å². The number of amides is 2. The van der Waals surface area contributed by atoms with Crippen LogP contribution in [0.15, 0.2) is 18.2 Å². The van der Waals surface area contributed by atoms with E-state index in [2.05, 4.69) is 5.32 Å². The van der Waals surface area contributed by atoms with Gasteiger partial charge in [0.15, 0.2) is 0 Å². The molecular weight excluding hydrogens is 276 g/mol. The van der Waals surface area contributed by atoms with Crippen LogP contribution in [0.4, 0.5) is 5.69 Å². The van der Waals surface area contributed by atoms with Crippen molar-refractivity contribution >= 4 is 29.1 Å². The van der Waals surface area contributed by atoms with Crippen molar-refractivity contribution in [1.29, 1.82) is 0 Å². The Morgan fingerprint density at radius 2 is 2.05 bits per heavy atom. The van der Waals surface area contributed by atoms with Crippen molar-refractivity contribution in [3.63, 3.8) is 0 Å². The summed E-state index contributed by atoms with van der Waals surface area (Å²) in [7, 11) is 1.32. The lowest BCUT2D eigenvalue weighted by molar-refractivity contribution is -0.384. The van der Waals surface area contributed by atoms with E-state index in [-0.39, 0.29) is 11.4 Å². The summed E-state index contributed by atoms with van der Waals surface area (Å²) < 4.78 is 5.03. The van der Waals surface area contributed by atoms with Crippen LogP contribution in [0.2, 0.25) is 0 Å². The zero-order valence-electron chi connectivity index (χ0n) is 9.75. The fraction of sp³-hybridized carbons (Fsp3) is 0.273. The lowest BCUT2D eigenvalue weighted by Crippen LogP contribution is -2.22. The minimum atomic E-state index is -1.05. The summed E-state index contributed by atoms with van der Waals surface area (Å²) in [5.41, 5.74) is 0.174. The number of hydrogen-bond donors (Lipinski definition) is 1. The smallest absolute Gasteiger partial charge is 0.273 e. The topological polar surface area (TPSA) is 98.5 Å². The SMILES string of the molecule is COc1cc([N+](=O)[O-])ccc1C1C(=O)NC(=O)C1Cl. The van der Waals surface area contributed by atoms with Crippen molar-refractivity contribution in [3.05, 3.63) is 33.9 Å². The Morgan fingerprint density at radius 3 is 2.53 bits per heavy atom. The minimum Gasteiger partial charge on any atom is -0.496 e. The van der Waals surface area contributed by atoms with E-state index in [9.17, 15) is 19.7 Å². The highest BCUT2D eigenvalue weighted by Crippen LogP contribution is 2.36. The van der Waals surface area contributed by atoms with Gasteiger partial charge in [-0.3, -0.25) is 25.0 Å². The number of rotatable bonds is 3. The van der Waals surface area contributed by atoms with Crippen LogP contribution in [0, 0.1) is 10.1 Å². The van der Waals surface area contributed by atoms with Crippen LogP contribution < -0.4 is 10.1 Å². The van der Waals surface area contributed by atoms with E-state index in [0.717, 1.165) is 0 Å². The average Bonchev–Trinajstić information content (AvgIpc) is 2.62. The summed E-state index contributed by atoms with van der Waals surface area (Å²) >= 11 is 5.87. The van der Waals surface area contributed by atoms with Gasteiger partial charge >= 0.3 is 0 Å². The van der Waals surface area contributed by atoms with Gasteiger partial charge in [0.2, 0.25) is 11.8 Å². The average molecular weight is 285 g/mol. The zero-order valence-corrected chi connectivity index (χ0v) is 10.5. The lowest BCUT2D eigenvalue weighted by Gasteiger charge is -2.13. The summed E-state index contributed by atoms with van der Waals surface area (Å²) in [5, 5.41) is 11.7. The number of non-ortho nitro benzene ring substituents is 1. The molecule has 2 unspecified atom stereocenters. The Hall–Kier alpha value is -2.15. The fourth-order valence-electron chi connectivity index (χ4n) is 1.92. The van der Waals surface area contributed by atoms with Crippen LogP contribution in [-0.4, -0.2) is 29.2 Å². The first-order valence-electron chi connectivity index (χ1n) is 5.26. The second-order valence-electron chi connectivity index (χ2n) is 3.92. The Bertz CT molecular complexity index is 574. The highest BCUT2D eigenvalue weighted by Gasteiger charge is 2.43. The quantitative estimate of drug-likeness (QED) is 0.386. The molecule has 1 aliphatic rings. The van der Waals surface area contributed by atoms with Crippen molar-refractivity contribution in [3.8, 4) is 5.75 Å².